The highest BCUT2D eigenvalue weighted by atomic mass is 16.5. The molecule has 1 atom stereocenters. The molecule has 8 heteroatoms. The lowest BCUT2D eigenvalue weighted by molar-refractivity contribution is 0.0281. The standard InChI is InChI=1S/C22H27N5O3/c1-2-20(30-15-12-25-10-13-29-14-11-25)5-3-4-19-17-24-22(28)27(19)18-6-8-26-9-7-23-21(26)16-18/h2-9,16,19H,1,10-15,17H2,(H,24,28)/b4-3+,20-5+. The summed E-state index contributed by atoms with van der Waals surface area (Å²) >= 11 is 0. The van der Waals surface area contributed by atoms with E-state index in [-0.39, 0.29) is 12.1 Å². The SMILES string of the molecule is C=C/C(=C\C=C\C1CNC(=O)N1c1ccn2ccnc2c1)OCCN1CCOCC1. The Labute approximate surface area is 176 Å². The predicted octanol–water partition coefficient (Wildman–Crippen LogP) is 2.21. The summed E-state index contributed by atoms with van der Waals surface area (Å²) in [6.07, 6.45) is 13.0. The quantitative estimate of drug-likeness (QED) is 0.535. The van der Waals surface area contributed by atoms with Crippen LogP contribution >= 0.6 is 0 Å². The minimum atomic E-state index is -0.116. The first-order chi connectivity index (χ1) is 14.7. The maximum atomic E-state index is 12.4. The number of nitrogens with one attached hydrogen (secondary N) is 1. The summed E-state index contributed by atoms with van der Waals surface area (Å²) in [5, 5.41) is 2.90. The Morgan fingerprint density at radius 2 is 2.23 bits per heavy atom. The molecule has 0 radical (unpaired) electrons. The number of anilines is 1. The molecule has 4 heterocycles. The van der Waals surface area contributed by atoms with Crippen molar-refractivity contribution in [1.82, 2.24) is 19.6 Å². The molecule has 0 aromatic carbocycles. The van der Waals surface area contributed by atoms with Gasteiger partial charge in [0.2, 0.25) is 0 Å². The minimum absolute atomic E-state index is 0.0921. The van der Waals surface area contributed by atoms with Gasteiger partial charge in [-0.2, -0.15) is 0 Å². The molecule has 0 bridgehead atoms. The largest absolute Gasteiger partial charge is 0.492 e. The molecule has 1 N–H and O–H groups in total. The highest BCUT2D eigenvalue weighted by Gasteiger charge is 2.30. The Kier molecular flexibility index (Phi) is 6.46. The van der Waals surface area contributed by atoms with E-state index in [2.05, 4.69) is 21.8 Å². The topological polar surface area (TPSA) is 71.3 Å². The van der Waals surface area contributed by atoms with Crippen molar-refractivity contribution in [3.05, 3.63) is 67.4 Å². The number of nitrogens with zero attached hydrogens (tertiary/aromatic N) is 4. The number of amides is 2. The molecule has 8 nitrogen and oxygen atoms in total. The van der Waals surface area contributed by atoms with E-state index in [1.54, 1.807) is 17.2 Å². The first-order valence-corrected chi connectivity index (χ1v) is 10.2. The second-order valence-corrected chi connectivity index (χ2v) is 7.16. The number of allylic oxidation sites excluding steroid dienone is 3. The van der Waals surface area contributed by atoms with Crippen molar-refractivity contribution in [3.8, 4) is 0 Å². The number of carbonyl (C=O) groups excluding carboxylic acids is 1. The maximum Gasteiger partial charge on any atom is 0.322 e. The molecule has 2 aliphatic rings. The molecular weight excluding hydrogens is 382 g/mol. The molecule has 0 spiro atoms. The van der Waals surface area contributed by atoms with Crippen LogP contribution in [0.2, 0.25) is 0 Å². The van der Waals surface area contributed by atoms with Crippen LogP contribution in [0.1, 0.15) is 0 Å². The van der Waals surface area contributed by atoms with E-state index in [4.69, 9.17) is 9.47 Å². The Balaban J connectivity index is 1.37. The van der Waals surface area contributed by atoms with Gasteiger partial charge in [-0.3, -0.25) is 9.80 Å². The lowest BCUT2D eigenvalue weighted by atomic mass is 10.2. The van der Waals surface area contributed by atoms with Gasteiger partial charge in [0.25, 0.3) is 0 Å². The van der Waals surface area contributed by atoms with Crippen LogP contribution in [0.3, 0.4) is 0 Å². The molecule has 2 amide bonds. The van der Waals surface area contributed by atoms with Crippen molar-refractivity contribution >= 4 is 17.4 Å². The van der Waals surface area contributed by atoms with Gasteiger partial charge in [0, 0.05) is 50.8 Å². The Morgan fingerprint density at radius 3 is 3.07 bits per heavy atom. The van der Waals surface area contributed by atoms with E-state index >= 15 is 0 Å². The van der Waals surface area contributed by atoms with Crippen molar-refractivity contribution in [3.63, 3.8) is 0 Å². The summed E-state index contributed by atoms with van der Waals surface area (Å²) in [5.74, 6) is 0.710. The molecule has 2 aromatic heterocycles. The molecular formula is C22H27N5O3. The van der Waals surface area contributed by atoms with Gasteiger partial charge < -0.3 is 19.2 Å². The van der Waals surface area contributed by atoms with Gasteiger partial charge in [0.15, 0.2) is 0 Å². The zero-order chi connectivity index (χ0) is 20.8. The van der Waals surface area contributed by atoms with Gasteiger partial charge in [-0.25, -0.2) is 9.78 Å². The fourth-order valence-corrected chi connectivity index (χ4v) is 3.60. The molecule has 2 saturated heterocycles. The summed E-state index contributed by atoms with van der Waals surface area (Å²) in [6, 6.07) is 3.62. The van der Waals surface area contributed by atoms with Gasteiger partial charge in [-0.1, -0.05) is 18.7 Å². The summed E-state index contributed by atoms with van der Waals surface area (Å²) in [7, 11) is 0. The Hall–Kier alpha value is -3.10. The van der Waals surface area contributed by atoms with E-state index in [9.17, 15) is 4.79 Å². The number of hydrogen-bond donors (Lipinski definition) is 1. The van der Waals surface area contributed by atoms with E-state index < -0.39 is 0 Å². The van der Waals surface area contributed by atoms with Crippen molar-refractivity contribution in [2.75, 3.05) is 50.9 Å². The van der Waals surface area contributed by atoms with Crippen LogP contribution in [0.5, 0.6) is 0 Å². The van der Waals surface area contributed by atoms with Crippen molar-refractivity contribution < 1.29 is 14.3 Å². The first-order valence-electron chi connectivity index (χ1n) is 10.2. The van der Waals surface area contributed by atoms with E-state index in [0.29, 0.717) is 18.9 Å². The minimum Gasteiger partial charge on any atom is -0.492 e. The van der Waals surface area contributed by atoms with Gasteiger partial charge in [-0.05, 0) is 18.2 Å². The second kappa shape index (κ2) is 9.60. The number of fused-ring (bicyclic) bond motifs is 1. The monoisotopic (exact) mass is 409 g/mol. The fourth-order valence-electron chi connectivity index (χ4n) is 3.60. The summed E-state index contributed by atoms with van der Waals surface area (Å²) in [5.41, 5.74) is 1.62. The van der Waals surface area contributed by atoms with Crippen LogP contribution in [-0.4, -0.2) is 72.4 Å². The number of pyridine rings is 1. The summed E-state index contributed by atoms with van der Waals surface area (Å²) in [4.78, 5) is 20.8. The third-order valence-electron chi connectivity index (χ3n) is 5.25. The smallest absolute Gasteiger partial charge is 0.322 e. The van der Waals surface area contributed by atoms with Crippen LogP contribution in [0.4, 0.5) is 10.5 Å². The number of imidazole rings is 1. The van der Waals surface area contributed by atoms with Gasteiger partial charge in [0.1, 0.15) is 18.0 Å². The van der Waals surface area contributed by atoms with Crippen LogP contribution in [-0.2, 0) is 9.47 Å². The van der Waals surface area contributed by atoms with Crippen LogP contribution in [0.25, 0.3) is 5.65 Å². The average Bonchev–Trinajstić information content (AvgIpc) is 3.39. The molecule has 2 aromatic rings. The molecule has 158 valence electrons. The van der Waals surface area contributed by atoms with Gasteiger partial charge in [0.05, 0.1) is 24.9 Å². The zero-order valence-electron chi connectivity index (χ0n) is 16.9. The molecule has 2 fully saturated rings. The van der Waals surface area contributed by atoms with Crippen LogP contribution < -0.4 is 10.2 Å². The lowest BCUT2D eigenvalue weighted by Crippen LogP contribution is -2.38. The molecule has 30 heavy (non-hydrogen) atoms. The van der Waals surface area contributed by atoms with Crippen molar-refractivity contribution in [2.24, 2.45) is 0 Å². The molecule has 0 saturated carbocycles. The Morgan fingerprint density at radius 1 is 1.37 bits per heavy atom. The third-order valence-corrected chi connectivity index (χ3v) is 5.25. The second-order valence-electron chi connectivity index (χ2n) is 7.16. The number of morpholine rings is 1. The zero-order valence-corrected chi connectivity index (χ0v) is 16.9. The predicted molar refractivity (Wildman–Crippen MR) is 115 cm³/mol. The number of ether oxygens (including phenoxy) is 2. The summed E-state index contributed by atoms with van der Waals surface area (Å²) in [6.45, 7) is 9.29. The fraction of sp³-hybridized carbons (Fsp3) is 0.364. The highest BCUT2D eigenvalue weighted by Crippen LogP contribution is 2.22. The van der Waals surface area contributed by atoms with E-state index in [0.717, 1.165) is 44.2 Å². The number of carbonyl (C=O) groups is 1. The third kappa shape index (κ3) is 4.72. The number of urea groups is 1. The van der Waals surface area contributed by atoms with Crippen molar-refractivity contribution in [1.29, 1.82) is 0 Å². The number of aromatic nitrogens is 2. The number of rotatable bonds is 8. The first kappa shape index (κ1) is 20.2. The number of hydrogen-bond acceptors (Lipinski definition) is 5. The highest BCUT2D eigenvalue weighted by molar-refractivity contribution is 5.95. The average molecular weight is 409 g/mol. The molecule has 4 rings (SSSR count). The molecule has 2 aliphatic heterocycles. The summed E-state index contributed by atoms with van der Waals surface area (Å²) < 4.78 is 13.1. The van der Waals surface area contributed by atoms with Gasteiger partial charge in [-0.15, -0.1) is 0 Å². The van der Waals surface area contributed by atoms with Crippen LogP contribution in [0.15, 0.2) is 67.4 Å². The van der Waals surface area contributed by atoms with Crippen LogP contribution in [0, 0.1) is 0 Å². The maximum absolute atomic E-state index is 12.4. The molecule has 1 unspecified atom stereocenters. The van der Waals surface area contributed by atoms with Gasteiger partial charge >= 0.3 is 6.03 Å². The normalized spacial score (nSPS) is 20.8. The Bertz CT molecular complexity index is 945. The van der Waals surface area contributed by atoms with E-state index in [1.807, 2.05) is 47.2 Å². The lowest BCUT2D eigenvalue weighted by Gasteiger charge is -2.26. The van der Waals surface area contributed by atoms with E-state index in [1.165, 1.54) is 0 Å². The molecule has 0 aliphatic carbocycles. The van der Waals surface area contributed by atoms with Crippen molar-refractivity contribution in [2.45, 2.75) is 6.04 Å².